The molecule has 0 saturated heterocycles. The van der Waals surface area contributed by atoms with Crippen LogP contribution >= 0.6 is 0 Å². The number of rotatable bonds is 10. The summed E-state index contributed by atoms with van der Waals surface area (Å²) in [7, 11) is 0. The molecule has 1 aromatic rings. The number of ether oxygens (including phenoxy) is 2. The molecule has 3 fully saturated rings. The summed E-state index contributed by atoms with van der Waals surface area (Å²) in [5, 5.41) is 0. The molecule has 1 aromatic carbocycles. The number of hydrogen-bond donors (Lipinski definition) is 0. The predicted molar refractivity (Wildman–Crippen MR) is 164 cm³/mol. The number of fused-ring (bicyclic) bond motifs is 5. The maximum absolute atomic E-state index is 13.0. The van der Waals surface area contributed by atoms with Gasteiger partial charge >= 0.3 is 5.97 Å². The fourth-order valence-corrected chi connectivity index (χ4v) is 9.81. The zero-order valence-electron chi connectivity index (χ0n) is 25.9. The minimum absolute atomic E-state index is 0.0172. The lowest BCUT2D eigenvalue weighted by atomic mass is 9.47. The van der Waals surface area contributed by atoms with Gasteiger partial charge in [0.2, 0.25) is 0 Å². The Bertz CT molecular complexity index is 1070. The largest absolute Gasteiger partial charge is 0.490 e. The molecule has 0 aromatic heterocycles. The van der Waals surface area contributed by atoms with Crippen molar-refractivity contribution in [1.82, 2.24) is 0 Å². The molecule has 0 N–H and O–H groups in total. The van der Waals surface area contributed by atoms with E-state index in [1.807, 2.05) is 12.1 Å². The summed E-state index contributed by atoms with van der Waals surface area (Å²) in [6, 6.07) is 7.27. The molecule has 0 radical (unpaired) electrons. The molecule has 0 amide bonds. The van der Waals surface area contributed by atoms with Crippen molar-refractivity contribution in [2.75, 3.05) is 6.61 Å². The summed E-state index contributed by atoms with van der Waals surface area (Å²) < 4.78 is 11.6. The fourth-order valence-electron chi connectivity index (χ4n) is 9.81. The first kappa shape index (κ1) is 29.5. The SMILES string of the molecule is C=CCOc1ccc(C(=O)O[C@@H]2CC[C@@]3(C)C(=CC[C@H]4[C@@H]5CC[C@@H]([C@H](C)CCCC(C)C)[C@@]5(C)CC[C@@H]43)C2)cc1. The van der Waals surface area contributed by atoms with Crippen molar-refractivity contribution in [2.45, 2.75) is 111 Å². The number of benzene rings is 1. The average Bonchev–Trinajstić information content (AvgIpc) is 3.29. The van der Waals surface area contributed by atoms with E-state index < -0.39 is 0 Å². The summed E-state index contributed by atoms with van der Waals surface area (Å²) in [4.78, 5) is 13.0. The first-order chi connectivity index (χ1) is 19.2. The zero-order valence-corrected chi connectivity index (χ0v) is 25.9. The van der Waals surface area contributed by atoms with E-state index in [1.165, 1.54) is 51.4 Å². The highest BCUT2D eigenvalue weighted by atomic mass is 16.5. The highest BCUT2D eigenvalue weighted by Gasteiger charge is 2.59. The predicted octanol–water partition coefficient (Wildman–Crippen LogP) is 9.82. The van der Waals surface area contributed by atoms with Gasteiger partial charge in [0.1, 0.15) is 18.5 Å². The molecular weight excluding hydrogens is 492 g/mol. The van der Waals surface area contributed by atoms with Crippen LogP contribution in [-0.2, 0) is 4.74 Å². The lowest BCUT2D eigenvalue weighted by Gasteiger charge is -2.58. The number of hydrogen-bond acceptors (Lipinski definition) is 3. The van der Waals surface area contributed by atoms with E-state index in [9.17, 15) is 4.79 Å². The Kier molecular flexibility index (Phi) is 8.89. The number of carbonyl (C=O) groups excluding carboxylic acids is 1. The Labute approximate surface area is 244 Å². The van der Waals surface area contributed by atoms with Crippen molar-refractivity contribution in [3.8, 4) is 5.75 Å². The molecule has 40 heavy (non-hydrogen) atoms. The Morgan fingerprint density at radius 2 is 1.80 bits per heavy atom. The second-order valence-corrected chi connectivity index (χ2v) is 14.7. The second-order valence-electron chi connectivity index (χ2n) is 14.7. The summed E-state index contributed by atoms with van der Waals surface area (Å²) in [5.41, 5.74) is 2.97. The van der Waals surface area contributed by atoms with E-state index in [-0.39, 0.29) is 17.5 Å². The first-order valence-electron chi connectivity index (χ1n) is 16.4. The smallest absolute Gasteiger partial charge is 0.338 e. The van der Waals surface area contributed by atoms with Crippen LogP contribution in [0.3, 0.4) is 0 Å². The molecule has 0 heterocycles. The van der Waals surface area contributed by atoms with Gasteiger partial charge in [-0.25, -0.2) is 4.79 Å². The van der Waals surface area contributed by atoms with Gasteiger partial charge in [-0.15, -0.1) is 0 Å². The number of carbonyl (C=O) groups is 1. The van der Waals surface area contributed by atoms with Crippen LogP contribution in [0.15, 0.2) is 48.6 Å². The molecule has 3 nitrogen and oxygen atoms in total. The Balaban J connectivity index is 1.21. The molecular formula is C37H54O3. The molecule has 0 aliphatic heterocycles. The number of allylic oxidation sites excluding steroid dienone is 1. The molecule has 0 spiro atoms. The molecule has 8 atom stereocenters. The average molecular weight is 547 g/mol. The molecule has 0 bridgehead atoms. The third kappa shape index (κ3) is 5.68. The minimum Gasteiger partial charge on any atom is -0.490 e. The lowest BCUT2D eigenvalue weighted by molar-refractivity contribution is -0.0594. The van der Waals surface area contributed by atoms with Crippen LogP contribution in [0, 0.1) is 46.3 Å². The van der Waals surface area contributed by atoms with Gasteiger partial charge in [-0.3, -0.25) is 0 Å². The summed E-state index contributed by atoms with van der Waals surface area (Å²) in [6.45, 7) is 16.7. The Morgan fingerprint density at radius 3 is 2.52 bits per heavy atom. The van der Waals surface area contributed by atoms with Crippen LogP contribution in [0.4, 0.5) is 0 Å². The molecule has 220 valence electrons. The van der Waals surface area contributed by atoms with E-state index >= 15 is 0 Å². The van der Waals surface area contributed by atoms with Gasteiger partial charge in [0, 0.05) is 6.42 Å². The quantitative estimate of drug-likeness (QED) is 0.216. The van der Waals surface area contributed by atoms with Gasteiger partial charge in [-0.2, -0.15) is 0 Å². The highest BCUT2D eigenvalue weighted by Crippen LogP contribution is 2.67. The molecule has 5 rings (SSSR count). The molecule has 4 aliphatic carbocycles. The van der Waals surface area contributed by atoms with Crippen molar-refractivity contribution in [3.63, 3.8) is 0 Å². The van der Waals surface area contributed by atoms with Crippen molar-refractivity contribution < 1.29 is 14.3 Å². The highest BCUT2D eigenvalue weighted by molar-refractivity contribution is 5.89. The summed E-state index contributed by atoms with van der Waals surface area (Å²) >= 11 is 0. The van der Waals surface area contributed by atoms with Crippen LogP contribution in [0.2, 0.25) is 0 Å². The zero-order chi connectivity index (χ0) is 28.5. The van der Waals surface area contributed by atoms with Gasteiger partial charge in [0.05, 0.1) is 5.56 Å². The van der Waals surface area contributed by atoms with Crippen molar-refractivity contribution in [3.05, 3.63) is 54.1 Å². The molecule has 3 heteroatoms. The topological polar surface area (TPSA) is 35.5 Å². The minimum atomic E-state index is -0.217. The van der Waals surface area contributed by atoms with Crippen LogP contribution in [0.25, 0.3) is 0 Å². The van der Waals surface area contributed by atoms with Gasteiger partial charge in [0.25, 0.3) is 0 Å². The van der Waals surface area contributed by atoms with E-state index in [2.05, 4.69) is 47.3 Å². The van der Waals surface area contributed by atoms with Crippen molar-refractivity contribution >= 4 is 5.97 Å². The Hall–Kier alpha value is -2.03. The van der Waals surface area contributed by atoms with Gasteiger partial charge < -0.3 is 9.47 Å². The fraction of sp³-hybridized carbons (Fsp3) is 0.703. The maximum atomic E-state index is 13.0. The van der Waals surface area contributed by atoms with Crippen LogP contribution in [0.1, 0.15) is 116 Å². The Morgan fingerprint density at radius 1 is 1.02 bits per heavy atom. The summed E-state index contributed by atoms with van der Waals surface area (Å²) in [5.74, 6) is 5.62. The maximum Gasteiger partial charge on any atom is 0.338 e. The van der Waals surface area contributed by atoms with E-state index in [0.29, 0.717) is 17.6 Å². The van der Waals surface area contributed by atoms with Crippen LogP contribution in [-0.4, -0.2) is 18.7 Å². The first-order valence-corrected chi connectivity index (χ1v) is 16.4. The van der Waals surface area contributed by atoms with E-state index in [0.717, 1.165) is 60.5 Å². The summed E-state index contributed by atoms with van der Waals surface area (Å²) in [6.07, 6.45) is 18.4. The van der Waals surface area contributed by atoms with E-state index in [4.69, 9.17) is 9.47 Å². The third-order valence-corrected chi connectivity index (χ3v) is 12.0. The van der Waals surface area contributed by atoms with Crippen LogP contribution in [0.5, 0.6) is 5.75 Å². The molecule has 4 aliphatic rings. The van der Waals surface area contributed by atoms with Crippen LogP contribution < -0.4 is 4.74 Å². The molecule has 3 saturated carbocycles. The number of esters is 1. The second kappa shape index (κ2) is 12.1. The molecule has 0 unspecified atom stereocenters. The van der Waals surface area contributed by atoms with E-state index in [1.54, 1.807) is 23.8 Å². The normalized spacial score (nSPS) is 35.6. The third-order valence-electron chi connectivity index (χ3n) is 12.0. The van der Waals surface area contributed by atoms with Gasteiger partial charge in [-0.1, -0.05) is 78.2 Å². The standard InChI is InChI=1S/C37H54O3/c1-7-23-39-29-14-11-27(12-15-29)35(38)40-30-19-21-36(5)28(24-30)13-16-31-33-18-17-32(26(4)10-8-9-25(2)3)37(33,6)22-20-34(31)36/h7,11-15,25-26,30-34H,1,8-10,16-24H2,2-6H3/t26-,30-,31+,32+,33+,34+,36+,37-/m1/s1. The van der Waals surface area contributed by atoms with Crippen molar-refractivity contribution in [1.29, 1.82) is 0 Å². The lowest BCUT2D eigenvalue weighted by Crippen LogP contribution is -2.51. The monoisotopic (exact) mass is 546 g/mol. The van der Waals surface area contributed by atoms with Crippen molar-refractivity contribution in [2.24, 2.45) is 46.3 Å². The van der Waals surface area contributed by atoms with Gasteiger partial charge in [0.15, 0.2) is 0 Å². The van der Waals surface area contributed by atoms with Gasteiger partial charge in [-0.05, 0) is 116 Å².